The van der Waals surface area contributed by atoms with Crippen LogP contribution < -0.4 is 11.1 Å². The Morgan fingerprint density at radius 3 is 2.93 bits per heavy atom. The minimum Gasteiger partial charge on any atom is -0.382 e. The number of carbonyl (C=O) groups is 1. The van der Waals surface area contributed by atoms with Crippen molar-refractivity contribution in [2.24, 2.45) is 5.73 Å². The number of hydrogen-bond donors (Lipinski definition) is 3. The quantitative estimate of drug-likeness (QED) is 0.634. The highest BCUT2D eigenvalue weighted by molar-refractivity contribution is 5.78. The fourth-order valence-corrected chi connectivity index (χ4v) is 1.28. The van der Waals surface area contributed by atoms with Crippen LogP contribution in [0, 0.1) is 6.92 Å². The van der Waals surface area contributed by atoms with Gasteiger partial charge in [-0.3, -0.25) is 4.79 Å². The van der Waals surface area contributed by atoms with E-state index in [2.05, 4.69) is 5.32 Å². The molecule has 0 bridgehead atoms. The number of primary amides is 1. The van der Waals surface area contributed by atoms with Gasteiger partial charge in [-0.05, 0) is 12.5 Å². The lowest BCUT2D eigenvalue weighted by Crippen LogP contribution is -2.37. The molecule has 1 atom stereocenters. The fraction of sp³-hybridized carbons (Fsp3) is 0.364. The first-order valence-electron chi connectivity index (χ1n) is 4.83. The second-order valence-corrected chi connectivity index (χ2v) is 3.54. The van der Waals surface area contributed by atoms with Gasteiger partial charge >= 0.3 is 0 Å². The summed E-state index contributed by atoms with van der Waals surface area (Å²) in [6, 6.07) is 8.01. The van der Waals surface area contributed by atoms with Crippen LogP contribution in [0.25, 0.3) is 0 Å². The van der Waals surface area contributed by atoms with E-state index >= 15 is 0 Å². The molecule has 1 aromatic rings. The van der Waals surface area contributed by atoms with Crippen molar-refractivity contribution in [3.63, 3.8) is 0 Å². The van der Waals surface area contributed by atoms with Crippen LogP contribution in [0.4, 0.5) is 0 Å². The summed E-state index contributed by atoms with van der Waals surface area (Å²) in [5, 5.41) is 12.1. The Morgan fingerprint density at radius 1 is 1.60 bits per heavy atom. The zero-order valence-corrected chi connectivity index (χ0v) is 8.73. The summed E-state index contributed by atoms with van der Waals surface area (Å²) in [6.07, 6.45) is -1.12. The first-order chi connectivity index (χ1) is 7.09. The highest BCUT2D eigenvalue weighted by Crippen LogP contribution is 2.02. The van der Waals surface area contributed by atoms with E-state index in [-0.39, 0.29) is 6.54 Å². The molecule has 0 aromatic heterocycles. The van der Waals surface area contributed by atoms with Crippen molar-refractivity contribution in [2.75, 3.05) is 6.54 Å². The van der Waals surface area contributed by atoms with Crippen molar-refractivity contribution in [3.8, 4) is 0 Å². The summed E-state index contributed by atoms with van der Waals surface area (Å²) in [5.74, 6) is -0.702. The number of benzene rings is 1. The molecule has 0 heterocycles. The van der Waals surface area contributed by atoms with Crippen molar-refractivity contribution in [1.29, 1.82) is 0 Å². The van der Waals surface area contributed by atoms with Gasteiger partial charge in [-0.15, -0.1) is 0 Å². The monoisotopic (exact) mass is 208 g/mol. The standard InChI is InChI=1S/C11H16N2O2/c1-8-3-2-4-9(5-8)6-13-7-10(14)11(12)15/h2-5,10,13-14H,6-7H2,1H3,(H2,12,15). The number of nitrogens with two attached hydrogens (primary N) is 1. The van der Waals surface area contributed by atoms with Crippen LogP contribution in [-0.2, 0) is 11.3 Å². The molecule has 4 nitrogen and oxygen atoms in total. The second kappa shape index (κ2) is 5.48. The molecule has 4 N–H and O–H groups in total. The molecular weight excluding hydrogens is 192 g/mol. The first-order valence-corrected chi connectivity index (χ1v) is 4.83. The maximum atomic E-state index is 10.5. The van der Waals surface area contributed by atoms with E-state index in [0.29, 0.717) is 6.54 Å². The van der Waals surface area contributed by atoms with Gasteiger partial charge in [-0.2, -0.15) is 0 Å². The van der Waals surface area contributed by atoms with Crippen LogP contribution >= 0.6 is 0 Å². The predicted molar refractivity (Wildman–Crippen MR) is 58.1 cm³/mol. The van der Waals surface area contributed by atoms with Gasteiger partial charge in [-0.25, -0.2) is 0 Å². The zero-order valence-electron chi connectivity index (χ0n) is 8.73. The molecule has 4 heteroatoms. The highest BCUT2D eigenvalue weighted by atomic mass is 16.3. The Labute approximate surface area is 89.1 Å². The second-order valence-electron chi connectivity index (χ2n) is 3.54. The summed E-state index contributed by atoms with van der Waals surface area (Å²) in [7, 11) is 0. The Hall–Kier alpha value is -1.39. The molecule has 82 valence electrons. The highest BCUT2D eigenvalue weighted by Gasteiger charge is 2.08. The van der Waals surface area contributed by atoms with Gasteiger partial charge in [0.05, 0.1) is 0 Å². The minimum absolute atomic E-state index is 0.184. The number of aryl methyl sites for hydroxylation is 1. The third-order valence-corrected chi connectivity index (χ3v) is 2.08. The molecule has 1 rings (SSSR count). The number of rotatable bonds is 5. The van der Waals surface area contributed by atoms with Crippen molar-refractivity contribution in [1.82, 2.24) is 5.32 Å². The van der Waals surface area contributed by atoms with Crippen molar-refractivity contribution in [2.45, 2.75) is 19.6 Å². The van der Waals surface area contributed by atoms with Crippen molar-refractivity contribution >= 4 is 5.91 Å². The zero-order chi connectivity index (χ0) is 11.3. The number of hydrogen-bond acceptors (Lipinski definition) is 3. The third kappa shape index (κ3) is 4.10. The minimum atomic E-state index is -1.12. The van der Waals surface area contributed by atoms with Crippen molar-refractivity contribution < 1.29 is 9.90 Å². The molecule has 0 saturated carbocycles. The molecule has 0 aliphatic rings. The molecule has 1 amide bonds. The van der Waals surface area contributed by atoms with E-state index in [0.717, 1.165) is 5.56 Å². The first kappa shape index (κ1) is 11.7. The molecule has 0 fully saturated rings. The van der Waals surface area contributed by atoms with Gasteiger partial charge in [0.25, 0.3) is 0 Å². The van der Waals surface area contributed by atoms with Gasteiger partial charge in [0.15, 0.2) is 0 Å². The largest absolute Gasteiger partial charge is 0.382 e. The number of aliphatic hydroxyl groups excluding tert-OH is 1. The Morgan fingerprint density at radius 2 is 2.33 bits per heavy atom. The number of amides is 1. The van der Waals surface area contributed by atoms with Crippen LogP contribution in [0.1, 0.15) is 11.1 Å². The normalized spacial score (nSPS) is 12.4. The molecule has 0 aliphatic carbocycles. The Bertz CT molecular complexity index is 339. The number of aliphatic hydroxyl groups is 1. The summed E-state index contributed by atoms with van der Waals surface area (Å²) >= 11 is 0. The lowest BCUT2D eigenvalue weighted by molar-refractivity contribution is -0.125. The van der Waals surface area contributed by atoms with Crippen molar-refractivity contribution in [3.05, 3.63) is 35.4 Å². The molecule has 0 radical (unpaired) electrons. The number of nitrogens with one attached hydrogen (secondary N) is 1. The lowest BCUT2D eigenvalue weighted by Gasteiger charge is -2.08. The molecular formula is C11H16N2O2. The summed E-state index contributed by atoms with van der Waals surface area (Å²) in [4.78, 5) is 10.5. The molecule has 15 heavy (non-hydrogen) atoms. The van der Waals surface area contributed by atoms with Crippen LogP contribution in [0.3, 0.4) is 0 Å². The van der Waals surface area contributed by atoms with Crippen LogP contribution in [0.15, 0.2) is 24.3 Å². The maximum Gasteiger partial charge on any atom is 0.247 e. The maximum absolute atomic E-state index is 10.5. The summed E-state index contributed by atoms with van der Waals surface area (Å²) < 4.78 is 0. The Balaban J connectivity index is 2.35. The van der Waals surface area contributed by atoms with Gasteiger partial charge in [-0.1, -0.05) is 29.8 Å². The predicted octanol–water partition coefficient (Wildman–Crippen LogP) is -0.0692. The van der Waals surface area contributed by atoms with E-state index in [4.69, 9.17) is 10.8 Å². The smallest absolute Gasteiger partial charge is 0.247 e. The molecule has 0 aliphatic heterocycles. The number of carbonyl (C=O) groups excluding carboxylic acids is 1. The van der Waals surface area contributed by atoms with E-state index in [1.54, 1.807) is 0 Å². The molecule has 0 spiro atoms. The van der Waals surface area contributed by atoms with Crippen LogP contribution in [0.2, 0.25) is 0 Å². The van der Waals surface area contributed by atoms with E-state index < -0.39 is 12.0 Å². The average molecular weight is 208 g/mol. The van der Waals surface area contributed by atoms with Gasteiger partial charge in [0.2, 0.25) is 5.91 Å². The van der Waals surface area contributed by atoms with E-state index in [1.165, 1.54) is 5.56 Å². The summed E-state index contributed by atoms with van der Waals surface area (Å²) in [6.45, 7) is 2.82. The lowest BCUT2D eigenvalue weighted by atomic mass is 10.1. The van der Waals surface area contributed by atoms with Crippen LogP contribution in [0.5, 0.6) is 0 Å². The molecule has 1 aromatic carbocycles. The fourth-order valence-electron chi connectivity index (χ4n) is 1.28. The van der Waals surface area contributed by atoms with Gasteiger partial charge in [0.1, 0.15) is 6.10 Å². The topological polar surface area (TPSA) is 75.3 Å². The Kier molecular flexibility index (Phi) is 4.27. The van der Waals surface area contributed by atoms with E-state index in [9.17, 15) is 4.79 Å². The van der Waals surface area contributed by atoms with Crippen LogP contribution in [-0.4, -0.2) is 23.7 Å². The average Bonchev–Trinajstić information content (AvgIpc) is 2.17. The van der Waals surface area contributed by atoms with Gasteiger partial charge < -0.3 is 16.2 Å². The van der Waals surface area contributed by atoms with E-state index in [1.807, 2.05) is 31.2 Å². The SMILES string of the molecule is Cc1cccc(CNCC(O)C(N)=O)c1. The summed E-state index contributed by atoms with van der Waals surface area (Å²) in [5.41, 5.74) is 7.21. The van der Waals surface area contributed by atoms with Gasteiger partial charge in [0, 0.05) is 13.1 Å². The third-order valence-electron chi connectivity index (χ3n) is 2.08. The molecule has 0 saturated heterocycles. The molecule has 1 unspecified atom stereocenters.